The molecule has 1 amide bonds. The largest absolute Gasteiger partial charge is 0.375 e. The minimum atomic E-state index is -1.92. The van der Waals surface area contributed by atoms with E-state index in [1.165, 1.54) is 0 Å². The van der Waals surface area contributed by atoms with Crippen molar-refractivity contribution in [3.05, 3.63) is 96.8 Å². The molecular formula is C23H16Br3NO3. The van der Waals surface area contributed by atoms with E-state index in [2.05, 4.69) is 47.8 Å². The van der Waals surface area contributed by atoms with Crippen LogP contribution < -0.4 is 4.90 Å². The lowest BCUT2D eigenvalue weighted by Gasteiger charge is -2.23. The van der Waals surface area contributed by atoms with Gasteiger partial charge in [-0.15, -0.1) is 0 Å². The lowest BCUT2D eigenvalue weighted by atomic mass is 9.88. The molecule has 4 rings (SSSR count). The molecule has 1 heterocycles. The van der Waals surface area contributed by atoms with E-state index in [1.54, 1.807) is 35.2 Å². The first-order chi connectivity index (χ1) is 14.3. The maximum atomic E-state index is 13.4. The quantitative estimate of drug-likeness (QED) is 0.370. The molecule has 1 atom stereocenters. The smallest absolute Gasteiger partial charge is 0.264 e. The molecule has 1 aliphatic heterocycles. The Labute approximate surface area is 199 Å². The van der Waals surface area contributed by atoms with Crippen LogP contribution in [0.1, 0.15) is 27.9 Å². The number of carbonyl (C=O) groups is 2. The lowest BCUT2D eigenvalue weighted by molar-refractivity contribution is -0.136. The molecule has 0 aromatic heterocycles. The second-order valence-electron chi connectivity index (χ2n) is 7.15. The SMILES string of the molecule is O=C(CC1(O)C(=O)N(Cc2ccc(Br)cc2)c2ccc(Br)cc21)c1cccc(Br)c1. The second-order valence-corrected chi connectivity index (χ2v) is 9.90. The molecule has 0 bridgehead atoms. The third kappa shape index (κ3) is 4.04. The van der Waals surface area contributed by atoms with Crippen LogP contribution in [-0.4, -0.2) is 16.8 Å². The van der Waals surface area contributed by atoms with Gasteiger partial charge in [0.2, 0.25) is 0 Å². The Morgan fingerprint density at radius 3 is 2.27 bits per heavy atom. The lowest BCUT2D eigenvalue weighted by Crippen LogP contribution is -2.41. The number of anilines is 1. The summed E-state index contributed by atoms with van der Waals surface area (Å²) in [6.45, 7) is 0.300. The van der Waals surface area contributed by atoms with E-state index in [4.69, 9.17) is 0 Å². The molecule has 0 saturated carbocycles. The van der Waals surface area contributed by atoms with E-state index in [-0.39, 0.29) is 12.2 Å². The van der Waals surface area contributed by atoms with Gasteiger partial charge in [0.15, 0.2) is 11.4 Å². The van der Waals surface area contributed by atoms with Crippen molar-refractivity contribution in [3.63, 3.8) is 0 Å². The van der Waals surface area contributed by atoms with Gasteiger partial charge in [-0.05, 0) is 48.0 Å². The Kier molecular flexibility index (Phi) is 5.99. The highest BCUT2D eigenvalue weighted by atomic mass is 79.9. The van der Waals surface area contributed by atoms with E-state index in [1.807, 2.05) is 36.4 Å². The number of Topliss-reactive ketones (excluding diaryl/α,β-unsaturated/α-hetero) is 1. The standard InChI is InChI=1S/C23H16Br3NO3/c24-16-6-4-14(5-7-16)13-27-20-9-8-18(26)11-19(20)23(30,22(27)29)12-21(28)15-2-1-3-17(25)10-15/h1-11,30H,12-13H2. The number of amides is 1. The zero-order valence-corrected chi connectivity index (χ0v) is 20.4. The van der Waals surface area contributed by atoms with Crippen LogP contribution >= 0.6 is 47.8 Å². The number of fused-ring (bicyclic) bond motifs is 1. The highest BCUT2D eigenvalue weighted by Crippen LogP contribution is 2.44. The van der Waals surface area contributed by atoms with Gasteiger partial charge in [-0.2, -0.15) is 0 Å². The van der Waals surface area contributed by atoms with Crippen LogP contribution in [0, 0.1) is 0 Å². The van der Waals surface area contributed by atoms with Gasteiger partial charge in [0.1, 0.15) is 0 Å². The monoisotopic (exact) mass is 591 g/mol. The summed E-state index contributed by atoms with van der Waals surface area (Å²) in [6.07, 6.45) is -0.331. The Balaban J connectivity index is 1.71. The fraction of sp³-hybridized carbons (Fsp3) is 0.130. The summed E-state index contributed by atoms with van der Waals surface area (Å²) >= 11 is 10.2. The first kappa shape index (κ1) is 21.4. The van der Waals surface area contributed by atoms with Gasteiger partial charge in [-0.25, -0.2) is 0 Å². The molecule has 0 spiro atoms. The summed E-state index contributed by atoms with van der Waals surface area (Å²) in [5.74, 6) is -0.801. The van der Waals surface area contributed by atoms with Crippen LogP contribution in [-0.2, 0) is 16.9 Å². The van der Waals surface area contributed by atoms with Crippen molar-refractivity contribution in [2.75, 3.05) is 4.90 Å². The molecular weight excluding hydrogens is 578 g/mol. The zero-order chi connectivity index (χ0) is 21.5. The van der Waals surface area contributed by atoms with Gasteiger partial charge < -0.3 is 10.0 Å². The fourth-order valence-electron chi connectivity index (χ4n) is 3.62. The summed E-state index contributed by atoms with van der Waals surface area (Å²) in [6, 6.07) is 19.9. The van der Waals surface area contributed by atoms with Crippen LogP contribution in [0.2, 0.25) is 0 Å². The van der Waals surface area contributed by atoms with Crippen molar-refractivity contribution in [2.24, 2.45) is 0 Å². The Morgan fingerprint density at radius 2 is 1.57 bits per heavy atom. The highest BCUT2D eigenvalue weighted by molar-refractivity contribution is 9.11. The summed E-state index contributed by atoms with van der Waals surface area (Å²) in [7, 11) is 0. The summed E-state index contributed by atoms with van der Waals surface area (Å²) in [5.41, 5.74) is 0.475. The topological polar surface area (TPSA) is 57.6 Å². The van der Waals surface area contributed by atoms with Gasteiger partial charge in [-0.1, -0.05) is 72.1 Å². The van der Waals surface area contributed by atoms with Gasteiger partial charge in [0.05, 0.1) is 18.7 Å². The van der Waals surface area contributed by atoms with Crippen molar-refractivity contribution in [3.8, 4) is 0 Å². The molecule has 1 N–H and O–H groups in total. The van der Waals surface area contributed by atoms with Crippen LogP contribution in [0.15, 0.2) is 80.1 Å². The highest BCUT2D eigenvalue weighted by Gasteiger charge is 2.51. The number of carbonyl (C=O) groups excluding carboxylic acids is 2. The van der Waals surface area contributed by atoms with E-state index in [0.29, 0.717) is 23.4 Å². The number of ketones is 1. The first-order valence-electron chi connectivity index (χ1n) is 9.15. The summed E-state index contributed by atoms with van der Waals surface area (Å²) in [5, 5.41) is 11.5. The predicted molar refractivity (Wildman–Crippen MR) is 126 cm³/mol. The normalized spacial score (nSPS) is 17.9. The molecule has 1 unspecified atom stereocenters. The van der Waals surface area contributed by atoms with Crippen LogP contribution in [0.25, 0.3) is 0 Å². The Bertz CT molecular complexity index is 1150. The second kappa shape index (κ2) is 8.38. The number of hydrogen-bond donors (Lipinski definition) is 1. The summed E-state index contributed by atoms with van der Waals surface area (Å²) in [4.78, 5) is 27.9. The van der Waals surface area contributed by atoms with E-state index in [9.17, 15) is 14.7 Å². The van der Waals surface area contributed by atoms with Gasteiger partial charge >= 0.3 is 0 Å². The Hall–Kier alpha value is -1.80. The Morgan fingerprint density at radius 1 is 0.900 bits per heavy atom. The minimum absolute atomic E-state index is 0.300. The average molecular weight is 594 g/mol. The molecule has 152 valence electrons. The molecule has 0 saturated heterocycles. The molecule has 0 radical (unpaired) electrons. The molecule has 0 aliphatic carbocycles. The predicted octanol–water partition coefficient (Wildman–Crippen LogP) is 5.98. The number of halogens is 3. The third-order valence-corrected chi connectivity index (χ3v) is 6.63. The molecule has 0 fully saturated rings. The van der Waals surface area contributed by atoms with E-state index < -0.39 is 11.5 Å². The van der Waals surface area contributed by atoms with Gasteiger partial charge in [0.25, 0.3) is 5.91 Å². The molecule has 1 aliphatic rings. The third-order valence-electron chi connectivity index (χ3n) is 5.11. The molecule has 3 aromatic rings. The van der Waals surface area contributed by atoms with E-state index in [0.717, 1.165) is 19.0 Å². The number of hydrogen-bond acceptors (Lipinski definition) is 3. The molecule has 4 nitrogen and oxygen atoms in total. The maximum Gasteiger partial charge on any atom is 0.264 e. The van der Waals surface area contributed by atoms with Crippen molar-refractivity contribution in [1.82, 2.24) is 0 Å². The maximum absolute atomic E-state index is 13.4. The van der Waals surface area contributed by atoms with Gasteiger partial charge in [-0.3, -0.25) is 9.59 Å². The van der Waals surface area contributed by atoms with Gasteiger partial charge in [0, 0.05) is 24.5 Å². The van der Waals surface area contributed by atoms with Crippen LogP contribution in [0.5, 0.6) is 0 Å². The average Bonchev–Trinajstić information content (AvgIpc) is 2.91. The summed E-state index contributed by atoms with van der Waals surface area (Å²) < 4.78 is 2.44. The number of nitrogens with zero attached hydrogens (tertiary/aromatic N) is 1. The van der Waals surface area contributed by atoms with Crippen molar-refractivity contribution < 1.29 is 14.7 Å². The van der Waals surface area contributed by atoms with E-state index >= 15 is 0 Å². The van der Waals surface area contributed by atoms with Crippen LogP contribution in [0.4, 0.5) is 5.69 Å². The van der Waals surface area contributed by atoms with Crippen molar-refractivity contribution >= 4 is 65.2 Å². The molecule has 3 aromatic carbocycles. The van der Waals surface area contributed by atoms with Crippen LogP contribution in [0.3, 0.4) is 0 Å². The number of aliphatic hydroxyl groups is 1. The zero-order valence-electron chi connectivity index (χ0n) is 15.6. The van der Waals surface area contributed by atoms with Crippen molar-refractivity contribution in [2.45, 2.75) is 18.6 Å². The molecule has 30 heavy (non-hydrogen) atoms. The number of rotatable bonds is 5. The first-order valence-corrected chi connectivity index (χ1v) is 11.5. The molecule has 7 heteroatoms. The van der Waals surface area contributed by atoms with Crippen molar-refractivity contribution in [1.29, 1.82) is 0 Å². The fourth-order valence-corrected chi connectivity index (χ4v) is 4.64. The number of benzene rings is 3. The minimum Gasteiger partial charge on any atom is -0.375 e.